The Morgan fingerprint density at radius 1 is 1.05 bits per heavy atom. The van der Waals surface area contributed by atoms with Gasteiger partial charge in [0.1, 0.15) is 0 Å². The first kappa shape index (κ1) is 11.1. The van der Waals surface area contributed by atoms with Gasteiger partial charge in [-0.25, -0.2) is 0 Å². The van der Waals surface area contributed by atoms with Crippen LogP contribution in [0.3, 0.4) is 0 Å². The Kier molecular flexibility index (Phi) is 2.55. The second-order valence-corrected chi connectivity index (χ2v) is 5.29. The molecule has 4 heteroatoms. The minimum Gasteiger partial charge on any atom is -0.352 e. The Morgan fingerprint density at radius 2 is 1.89 bits per heavy atom. The lowest BCUT2D eigenvalue weighted by atomic mass is 9.90. The predicted octanol–water partition coefficient (Wildman–Crippen LogP) is 1.58. The molecule has 4 rings (SSSR count). The van der Waals surface area contributed by atoms with Crippen LogP contribution in [0.4, 0.5) is 5.82 Å². The molecule has 98 valence electrons. The lowest BCUT2D eigenvalue weighted by Crippen LogP contribution is -2.44. The van der Waals surface area contributed by atoms with Gasteiger partial charge in [0.05, 0.1) is 5.69 Å². The van der Waals surface area contributed by atoms with Crippen LogP contribution in [0.25, 0.3) is 11.3 Å². The molecule has 1 aliphatic carbocycles. The number of nitrogens with one attached hydrogen (secondary N) is 2. The zero-order valence-electron chi connectivity index (χ0n) is 10.9. The Hall–Kier alpha value is -1.81. The van der Waals surface area contributed by atoms with Gasteiger partial charge >= 0.3 is 0 Å². The van der Waals surface area contributed by atoms with Gasteiger partial charge in [0, 0.05) is 37.3 Å². The number of rotatable bonds is 1. The molecule has 4 nitrogen and oxygen atoms in total. The maximum absolute atomic E-state index is 4.59. The minimum atomic E-state index is 1.05. The molecule has 2 N–H and O–H groups in total. The van der Waals surface area contributed by atoms with Gasteiger partial charge in [0.25, 0.3) is 0 Å². The first-order valence-corrected chi connectivity index (χ1v) is 7.04. The highest BCUT2D eigenvalue weighted by molar-refractivity contribution is 5.74. The number of piperazine rings is 1. The zero-order chi connectivity index (χ0) is 12.7. The molecule has 0 atom stereocenters. The number of aromatic nitrogens is 2. The number of fused-ring (bicyclic) bond motifs is 3. The first-order chi connectivity index (χ1) is 9.43. The average molecular weight is 254 g/mol. The molecule has 1 fully saturated rings. The molecule has 1 aliphatic heterocycles. The zero-order valence-corrected chi connectivity index (χ0v) is 10.9. The molecule has 2 heterocycles. The predicted molar refractivity (Wildman–Crippen MR) is 76.5 cm³/mol. The number of hydrogen-bond acceptors (Lipinski definition) is 3. The van der Waals surface area contributed by atoms with Gasteiger partial charge in [-0.1, -0.05) is 24.3 Å². The molecule has 2 aliphatic rings. The molecule has 0 saturated carbocycles. The first-order valence-electron chi connectivity index (χ1n) is 7.04. The summed E-state index contributed by atoms with van der Waals surface area (Å²) >= 11 is 0. The van der Waals surface area contributed by atoms with Crippen molar-refractivity contribution in [1.82, 2.24) is 15.5 Å². The number of hydrogen-bond donors (Lipinski definition) is 2. The molecular formula is C15H18N4. The van der Waals surface area contributed by atoms with Crippen LogP contribution in [0.2, 0.25) is 0 Å². The molecule has 0 amide bonds. The van der Waals surface area contributed by atoms with Gasteiger partial charge in [-0.05, 0) is 18.4 Å². The summed E-state index contributed by atoms with van der Waals surface area (Å²) in [6.45, 7) is 4.22. The summed E-state index contributed by atoms with van der Waals surface area (Å²) in [6, 6.07) is 8.66. The molecule has 2 aromatic rings. The van der Waals surface area contributed by atoms with Crippen molar-refractivity contribution < 1.29 is 0 Å². The quantitative estimate of drug-likeness (QED) is 0.812. The summed E-state index contributed by atoms with van der Waals surface area (Å²) in [5.41, 5.74) is 5.40. The molecule has 0 spiro atoms. The van der Waals surface area contributed by atoms with Crippen molar-refractivity contribution in [2.45, 2.75) is 12.8 Å². The summed E-state index contributed by atoms with van der Waals surface area (Å²) in [6.07, 6.45) is 2.23. The van der Waals surface area contributed by atoms with Crippen LogP contribution >= 0.6 is 0 Å². The topological polar surface area (TPSA) is 44.0 Å². The number of aromatic amines is 1. The number of benzene rings is 1. The maximum atomic E-state index is 4.59. The van der Waals surface area contributed by atoms with Crippen molar-refractivity contribution in [2.75, 3.05) is 31.1 Å². The lowest BCUT2D eigenvalue weighted by Gasteiger charge is -2.29. The van der Waals surface area contributed by atoms with Crippen molar-refractivity contribution in [3.8, 4) is 11.3 Å². The van der Waals surface area contributed by atoms with E-state index in [0.29, 0.717) is 0 Å². The van der Waals surface area contributed by atoms with Crippen LogP contribution in [0.1, 0.15) is 11.1 Å². The molecule has 1 saturated heterocycles. The summed E-state index contributed by atoms with van der Waals surface area (Å²) in [5.74, 6) is 1.17. The molecule has 1 aromatic carbocycles. The largest absolute Gasteiger partial charge is 0.352 e. The molecule has 0 radical (unpaired) electrons. The van der Waals surface area contributed by atoms with E-state index in [1.165, 1.54) is 28.2 Å². The van der Waals surface area contributed by atoms with Gasteiger partial charge in [-0.2, -0.15) is 5.10 Å². The number of nitrogens with zero attached hydrogens (tertiary/aromatic N) is 2. The van der Waals surface area contributed by atoms with E-state index >= 15 is 0 Å². The second-order valence-electron chi connectivity index (χ2n) is 5.29. The van der Waals surface area contributed by atoms with Crippen LogP contribution in [0.15, 0.2) is 24.3 Å². The van der Waals surface area contributed by atoms with Crippen molar-refractivity contribution in [1.29, 1.82) is 0 Å². The summed E-state index contributed by atoms with van der Waals surface area (Å²) in [4.78, 5) is 2.40. The third kappa shape index (κ3) is 1.75. The standard InChI is InChI=1S/C15H18N4/c1-2-4-12-11(3-1)5-6-13-14(12)17-18-15(13)19-9-7-16-8-10-19/h1-4,16H,5-10H2,(H,17,18). The Bertz CT molecular complexity index is 596. The summed E-state index contributed by atoms with van der Waals surface area (Å²) in [7, 11) is 0. The van der Waals surface area contributed by atoms with Crippen LogP contribution in [-0.2, 0) is 12.8 Å². The van der Waals surface area contributed by atoms with E-state index in [2.05, 4.69) is 44.7 Å². The fraction of sp³-hybridized carbons (Fsp3) is 0.400. The van der Waals surface area contributed by atoms with Crippen LogP contribution in [0, 0.1) is 0 Å². The Labute approximate surface area is 112 Å². The highest BCUT2D eigenvalue weighted by Crippen LogP contribution is 2.36. The van der Waals surface area contributed by atoms with Gasteiger partial charge < -0.3 is 10.2 Å². The van der Waals surface area contributed by atoms with Gasteiger partial charge in [0.2, 0.25) is 0 Å². The lowest BCUT2D eigenvalue weighted by molar-refractivity contribution is 0.583. The Balaban J connectivity index is 1.77. The highest BCUT2D eigenvalue weighted by atomic mass is 15.3. The van der Waals surface area contributed by atoms with Gasteiger partial charge in [0.15, 0.2) is 5.82 Å². The Morgan fingerprint density at radius 3 is 2.79 bits per heavy atom. The van der Waals surface area contributed by atoms with Crippen LogP contribution in [0.5, 0.6) is 0 Å². The monoisotopic (exact) mass is 254 g/mol. The minimum absolute atomic E-state index is 1.05. The van der Waals surface area contributed by atoms with E-state index < -0.39 is 0 Å². The van der Waals surface area contributed by atoms with Crippen molar-refractivity contribution >= 4 is 5.82 Å². The fourth-order valence-corrected chi connectivity index (χ4v) is 3.20. The van der Waals surface area contributed by atoms with E-state index in [-0.39, 0.29) is 0 Å². The number of H-pyrrole nitrogens is 1. The molecule has 1 aromatic heterocycles. The molecular weight excluding hydrogens is 236 g/mol. The van der Waals surface area contributed by atoms with Crippen molar-refractivity contribution in [3.05, 3.63) is 35.4 Å². The van der Waals surface area contributed by atoms with Crippen molar-refractivity contribution in [3.63, 3.8) is 0 Å². The summed E-state index contributed by atoms with van der Waals surface area (Å²) < 4.78 is 0. The van der Waals surface area contributed by atoms with Crippen LogP contribution in [-0.4, -0.2) is 36.4 Å². The average Bonchev–Trinajstić information content (AvgIpc) is 2.92. The van der Waals surface area contributed by atoms with E-state index in [4.69, 9.17) is 0 Å². The third-order valence-electron chi connectivity index (χ3n) is 4.19. The normalized spacial score (nSPS) is 18.0. The van der Waals surface area contributed by atoms with E-state index in [9.17, 15) is 0 Å². The molecule has 19 heavy (non-hydrogen) atoms. The third-order valence-corrected chi connectivity index (χ3v) is 4.19. The van der Waals surface area contributed by atoms with Crippen molar-refractivity contribution in [2.24, 2.45) is 0 Å². The summed E-state index contributed by atoms with van der Waals surface area (Å²) in [5, 5.41) is 11.3. The smallest absolute Gasteiger partial charge is 0.154 e. The van der Waals surface area contributed by atoms with Crippen LogP contribution < -0.4 is 10.2 Å². The highest BCUT2D eigenvalue weighted by Gasteiger charge is 2.24. The van der Waals surface area contributed by atoms with E-state index in [1.54, 1.807) is 0 Å². The van der Waals surface area contributed by atoms with E-state index in [0.717, 1.165) is 39.0 Å². The van der Waals surface area contributed by atoms with Gasteiger partial charge in [-0.15, -0.1) is 0 Å². The second kappa shape index (κ2) is 4.38. The molecule has 0 bridgehead atoms. The van der Waals surface area contributed by atoms with Gasteiger partial charge in [-0.3, -0.25) is 5.10 Å². The SMILES string of the molecule is c1ccc2c(c1)CCc1c(N3CCNCC3)n[nH]c1-2. The number of anilines is 1. The fourth-order valence-electron chi connectivity index (χ4n) is 3.20. The van der Waals surface area contributed by atoms with E-state index in [1.807, 2.05) is 0 Å². The number of aryl methyl sites for hydroxylation is 1. The molecule has 0 unspecified atom stereocenters. The maximum Gasteiger partial charge on any atom is 0.154 e.